The van der Waals surface area contributed by atoms with Crippen LogP contribution in [0.4, 0.5) is 11.5 Å². The van der Waals surface area contributed by atoms with Crippen molar-refractivity contribution in [3.63, 3.8) is 0 Å². The van der Waals surface area contributed by atoms with Gasteiger partial charge in [0.25, 0.3) is 5.56 Å². The zero-order valence-electron chi connectivity index (χ0n) is 17.2. The van der Waals surface area contributed by atoms with Crippen LogP contribution in [0.3, 0.4) is 0 Å². The van der Waals surface area contributed by atoms with Gasteiger partial charge in [-0.15, -0.1) is 0 Å². The van der Waals surface area contributed by atoms with Crippen LogP contribution in [0.1, 0.15) is 45.3 Å². The molecule has 0 aliphatic carbocycles. The smallest absolute Gasteiger partial charge is 0.260 e. The minimum atomic E-state index is -0.261. The van der Waals surface area contributed by atoms with Gasteiger partial charge in [-0.25, -0.2) is 9.83 Å². The van der Waals surface area contributed by atoms with Gasteiger partial charge in [0.15, 0.2) is 0 Å². The number of hydrogen-bond acceptors (Lipinski definition) is 4. The van der Waals surface area contributed by atoms with Gasteiger partial charge in [0.05, 0.1) is 23.0 Å². The van der Waals surface area contributed by atoms with E-state index in [0.717, 1.165) is 11.1 Å². The number of nitrogens with one attached hydrogen (secondary N) is 1. The van der Waals surface area contributed by atoms with Gasteiger partial charge in [-0.05, 0) is 36.8 Å². The number of aryl methyl sites for hydroxylation is 1. The lowest BCUT2D eigenvalue weighted by atomic mass is 9.95. The molecule has 0 amide bonds. The van der Waals surface area contributed by atoms with Crippen LogP contribution in [0.15, 0.2) is 35.3 Å². The number of halogens is 1. The number of rotatable bonds is 4. The Morgan fingerprint density at radius 3 is 2.72 bits per heavy atom. The van der Waals surface area contributed by atoms with Crippen molar-refractivity contribution < 1.29 is 0 Å². The molecule has 0 spiro atoms. The van der Waals surface area contributed by atoms with Gasteiger partial charge in [0.1, 0.15) is 11.6 Å². The molecule has 150 valence electrons. The van der Waals surface area contributed by atoms with Crippen LogP contribution in [0.2, 0.25) is 5.02 Å². The van der Waals surface area contributed by atoms with E-state index in [1.54, 1.807) is 17.6 Å². The van der Waals surface area contributed by atoms with Gasteiger partial charge in [0.2, 0.25) is 5.69 Å². The van der Waals surface area contributed by atoms with Crippen LogP contribution in [0.5, 0.6) is 0 Å². The molecule has 0 radical (unpaired) electrons. The number of anilines is 1. The fraction of sp³-hybridized carbons (Fsp3) is 0.364. The Morgan fingerprint density at radius 2 is 2.07 bits per heavy atom. The van der Waals surface area contributed by atoms with Crippen molar-refractivity contribution in [2.45, 2.75) is 47.2 Å². The molecule has 2 heterocycles. The lowest BCUT2D eigenvalue weighted by Gasteiger charge is -2.26. The number of benzene rings is 1. The summed E-state index contributed by atoms with van der Waals surface area (Å²) < 4.78 is 1.78. The molecule has 0 saturated heterocycles. The molecule has 0 unspecified atom stereocenters. The summed E-state index contributed by atoms with van der Waals surface area (Å²) in [6, 6.07) is 7.19. The lowest BCUT2D eigenvalue weighted by molar-refractivity contribution is 0.332. The standard InChI is InChI=1S/C22H24ClN5O/c1-13(26-20-17(24-6)11-25-14(2)27-20)18-10-15-8-7-9-16(23)19(15)21(29)28(18)12-22(3,4)5/h7-11,13H,12H2,1-5H3,(H,25,26,27)/t13-/m0/s1. The molecule has 3 rings (SSSR count). The van der Waals surface area contributed by atoms with Crippen molar-refractivity contribution in [2.24, 2.45) is 5.41 Å². The highest BCUT2D eigenvalue weighted by atomic mass is 35.5. The third-order valence-corrected chi connectivity index (χ3v) is 4.87. The summed E-state index contributed by atoms with van der Waals surface area (Å²) in [5, 5.41) is 5.06. The number of aromatic nitrogens is 3. The fourth-order valence-corrected chi connectivity index (χ4v) is 3.57. The normalized spacial score (nSPS) is 12.6. The maximum absolute atomic E-state index is 13.4. The van der Waals surface area contributed by atoms with Crippen LogP contribution in [0, 0.1) is 18.9 Å². The van der Waals surface area contributed by atoms with Crippen LogP contribution in [-0.2, 0) is 6.54 Å². The quantitative estimate of drug-likeness (QED) is 0.576. The Kier molecular flexibility index (Phi) is 5.63. The molecule has 6 nitrogen and oxygen atoms in total. The highest BCUT2D eigenvalue weighted by molar-refractivity contribution is 6.35. The van der Waals surface area contributed by atoms with Crippen molar-refractivity contribution in [1.82, 2.24) is 14.5 Å². The molecule has 1 N–H and O–H groups in total. The predicted octanol–water partition coefficient (Wildman–Crippen LogP) is 5.52. The molecule has 0 aliphatic rings. The largest absolute Gasteiger partial charge is 0.371 e. The third kappa shape index (κ3) is 4.41. The van der Waals surface area contributed by atoms with E-state index < -0.39 is 0 Å². The second-order valence-corrected chi connectivity index (χ2v) is 8.76. The van der Waals surface area contributed by atoms with E-state index >= 15 is 0 Å². The molecule has 29 heavy (non-hydrogen) atoms. The number of fused-ring (bicyclic) bond motifs is 1. The van der Waals surface area contributed by atoms with Gasteiger partial charge < -0.3 is 9.88 Å². The van der Waals surface area contributed by atoms with E-state index in [1.807, 2.05) is 25.1 Å². The van der Waals surface area contributed by atoms with Crippen molar-refractivity contribution in [1.29, 1.82) is 0 Å². The van der Waals surface area contributed by atoms with Gasteiger partial charge in [0, 0.05) is 18.4 Å². The predicted molar refractivity (Wildman–Crippen MR) is 118 cm³/mol. The molecule has 1 aromatic carbocycles. The fourth-order valence-electron chi connectivity index (χ4n) is 3.30. The summed E-state index contributed by atoms with van der Waals surface area (Å²) in [5.41, 5.74) is 0.930. The van der Waals surface area contributed by atoms with E-state index in [2.05, 4.69) is 40.9 Å². The van der Waals surface area contributed by atoms with Crippen LogP contribution in [0.25, 0.3) is 15.6 Å². The zero-order valence-corrected chi connectivity index (χ0v) is 18.0. The second kappa shape index (κ2) is 7.84. The van der Waals surface area contributed by atoms with Gasteiger partial charge in [-0.2, -0.15) is 0 Å². The lowest BCUT2D eigenvalue weighted by Crippen LogP contribution is -2.31. The van der Waals surface area contributed by atoms with Gasteiger partial charge in [-0.1, -0.05) is 44.5 Å². The molecule has 0 saturated carbocycles. The van der Waals surface area contributed by atoms with E-state index in [0.29, 0.717) is 34.3 Å². The molecule has 1 atom stereocenters. The highest BCUT2D eigenvalue weighted by Crippen LogP contribution is 2.29. The number of pyridine rings is 1. The summed E-state index contributed by atoms with van der Waals surface area (Å²) in [4.78, 5) is 25.3. The summed E-state index contributed by atoms with van der Waals surface area (Å²) in [7, 11) is 0. The number of nitrogens with zero attached hydrogens (tertiary/aromatic N) is 4. The van der Waals surface area contributed by atoms with Crippen molar-refractivity contribution in [2.75, 3.05) is 5.32 Å². The van der Waals surface area contributed by atoms with Gasteiger partial charge >= 0.3 is 0 Å². The van der Waals surface area contributed by atoms with E-state index in [4.69, 9.17) is 18.2 Å². The monoisotopic (exact) mass is 409 g/mol. The maximum Gasteiger partial charge on any atom is 0.260 e. The summed E-state index contributed by atoms with van der Waals surface area (Å²) in [5.74, 6) is 1.03. The maximum atomic E-state index is 13.4. The molecule has 0 bridgehead atoms. The van der Waals surface area contributed by atoms with E-state index in [-0.39, 0.29) is 17.0 Å². The SMILES string of the molecule is [C-]#[N+]c1cnc(C)nc1N[C@@H](C)c1cc2cccc(Cl)c2c(=O)n1CC(C)(C)C. The molecule has 3 aromatic rings. The van der Waals surface area contributed by atoms with E-state index in [1.165, 1.54) is 6.20 Å². The van der Waals surface area contributed by atoms with Crippen LogP contribution < -0.4 is 10.9 Å². The molecular weight excluding hydrogens is 386 g/mol. The molecular formula is C22H24ClN5O. The first-order valence-electron chi connectivity index (χ1n) is 9.40. The minimum Gasteiger partial charge on any atom is -0.371 e. The highest BCUT2D eigenvalue weighted by Gasteiger charge is 2.21. The minimum absolute atomic E-state index is 0.111. The van der Waals surface area contributed by atoms with Crippen molar-refractivity contribution in [3.05, 3.63) is 68.8 Å². The Labute approximate surface area is 175 Å². The average molecular weight is 410 g/mol. The first kappa shape index (κ1) is 20.8. The molecule has 0 aliphatic heterocycles. The Morgan fingerprint density at radius 1 is 1.34 bits per heavy atom. The number of hydrogen-bond donors (Lipinski definition) is 1. The van der Waals surface area contributed by atoms with Crippen molar-refractivity contribution >= 4 is 33.9 Å². The first-order valence-corrected chi connectivity index (χ1v) is 9.78. The van der Waals surface area contributed by atoms with Crippen LogP contribution >= 0.6 is 11.6 Å². The average Bonchev–Trinajstić information content (AvgIpc) is 2.63. The summed E-state index contributed by atoms with van der Waals surface area (Å²) in [6.07, 6.45) is 1.51. The zero-order chi connectivity index (χ0) is 21.3. The van der Waals surface area contributed by atoms with Crippen molar-refractivity contribution in [3.8, 4) is 0 Å². The topological polar surface area (TPSA) is 64.2 Å². The summed E-state index contributed by atoms with van der Waals surface area (Å²) in [6.45, 7) is 17.9. The first-order chi connectivity index (χ1) is 13.6. The van der Waals surface area contributed by atoms with E-state index in [9.17, 15) is 4.79 Å². The third-order valence-electron chi connectivity index (χ3n) is 4.56. The Hall–Kier alpha value is -2.91. The second-order valence-electron chi connectivity index (χ2n) is 8.35. The summed E-state index contributed by atoms with van der Waals surface area (Å²) >= 11 is 6.35. The molecule has 2 aromatic heterocycles. The Bertz CT molecular complexity index is 1170. The Balaban J connectivity index is 2.17. The molecule has 0 fully saturated rings. The van der Waals surface area contributed by atoms with Gasteiger partial charge in [-0.3, -0.25) is 9.78 Å². The van der Waals surface area contributed by atoms with Crippen LogP contribution in [-0.4, -0.2) is 14.5 Å². The molecule has 7 heteroatoms.